The van der Waals surface area contributed by atoms with Crippen LogP contribution in [0.25, 0.3) is 0 Å². The Labute approximate surface area is 186 Å². The number of carbonyl (C=O) groups excluding carboxylic acids is 1. The second kappa shape index (κ2) is 10.00. The van der Waals surface area contributed by atoms with Crippen LogP contribution in [0.4, 0.5) is 0 Å². The van der Waals surface area contributed by atoms with Crippen molar-refractivity contribution in [1.82, 2.24) is 0 Å². The number of ether oxygens (including phenoxy) is 4. The summed E-state index contributed by atoms with van der Waals surface area (Å²) in [5.74, 6) is -0.664. The van der Waals surface area contributed by atoms with Crippen LogP contribution in [0.3, 0.4) is 0 Å². The molecule has 0 amide bonds. The molecule has 2 saturated heterocycles. The van der Waals surface area contributed by atoms with Gasteiger partial charge in [-0.1, -0.05) is 19.4 Å². The molecule has 2 aliphatic heterocycles. The highest BCUT2D eigenvalue weighted by molar-refractivity contribution is 5.91. The van der Waals surface area contributed by atoms with E-state index in [0.717, 1.165) is 24.8 Å². The predicted molar refractivity (Wildman–Crippen MR) is 107 cm³/mol. The van der Waals surface area contributed by atoms with Crippen LogP contribution in [0.5, 0.6) is 0 Å². The molecule has 184 valence electrons. The summed E-state index contributed by atoms with van der Waals surface area (Å²) in [4.78, 5) is 12.9. The Balaban J connectivity index is 1.66. The molecule has 0 radical (unpaired) electrons. The van der Waals surface area contributed by atoms with Gasteiger partial charge in [0.15, 0.2) is 6.29 Å². The van der Waals surface area contributed by atoms with Crippen molar-refractivity contribution in [3.8, 4) is 0 Å². The van der Waals surface area contributed by atoms with Crippen molar-refractivity contribution >= 4 is 5.97 Å². The summed E-state index contributed by atoms with van der Waals surface area (Å²) in [6.07, 6.45) is -10.9. The van der Waals surface area contributed by atoms with Gasteiger partial charge < -0.3 is 49.6 Å². The summed E-state index contributed by atoms with van der Waals surface area (Å²) in [5.41, 5.74) is 0.972. The van der Waals surface area contributed by atoms with Gasteiger partial charge in [-0.25, -0.2) is 4.79 Å². The molecule has 2 fully saturated rings. The van der Waals surface area contributed by atoms with E-state index in [9.17, 15) is 35.4 Å². The molecule has 0 aromatic heterocycles. The van der Waals surface area contributed by atoms with Crippen molar-refractivity contribution < 1.29 is 54.4 Å². The average Bonchev–Trinajstić information content (AvgIpc) is 2.72. The van der Waals surface area contributed by atoms with E-state index in [1.807, 2.05) is 20.8 Å². The van der Waals surface area contributed by atoms with Gasteiger partial charge in [0, 0.05) is 5.57 Å². The van der Waals surface area contributed by atoms with Gasteiger partial charge in [-0.2, -0.15) is 0 Å². The lowest BCUT2D eigenvalue weighted by Crippen LogP contribution is -2.60. The molecule has 11 heteroatoms. The molecular weight excluding hydrogens is 428 g/mol. The first kappa shape index (κ1) is 25.5. The lowest BCUT2D eigenvalue weighted by Gasteiger charge is -2.41. The van der Waals surface area contributed by atoms with Crippen LogP contribution in [0, 0.1) is 5.41 Å². The van der Waals surface area contributed by atoms with Crippen molar-refractivity contribution in [2.45, 2.75) is 95.3 Å². The zero-order chi connectivity index (χ0) is 23.8. The lowest BCUT2D eigenvalue weighted by molar-refractivity contribution is -0.314. The van der Waals surface area contributed by atoms with E-state index in [4.69, 9.17) is 18.9 Å². The Morgan fingerprint density at radius 2 is 1.66 bits per heavy atom. The van der Waals surface area contributed by atoms with Gasteiger partial charge in [-0.3, -0.25) is 0 Å². The number of allylic oxidation sites excluding steroid dienone is 1. The van der Waals surface area contributed by atoms with Gasteiger partial charge in [-0.05, 0) is 31.6 Å². The molecule has 0 bridgehead atoms. The molecule has 2 heterocycles. The van der Waals surface area contributed by atoms with Gasteiger partial charge in [0.05, 0.1) is 13.2 Å². The first-order valence-corrected chi connectivity index (χ1v) is 10.8. The molecule has 0 aromatic rings. The van der Waals surface area contributed by atoms with Crippen molar-refractivity contribution in [3.05, 3.63) is 11.1 Å². The Hall–Kier alpha value is -1.15. The van der Waals surface area contributed by atoms with Gasteiger partial charge in [0.2, 0.25) is 6.29 Å². The zero-order valence-electron chi connectivity index (χ0n) is 18.5. The van der Waals surface area contributed by atoms with Crippen LogP contribution in [0.2, 0.25) is 0 Å². The SMILES string of the molecule is CC1=C(C(=O)O[C@H]2O[C@@H](CO[C@H]3OC[C@@H](O)[C@@H](O)[C@H]3O)[C@@H](O)[C@@H](O)[C@H]2O)C(C)(C)CCC1. The minimum atomic E-state index is -1.69. The van der Waals surface area contributed by atoms with Crippen LogP contribution < -0.4 is 0 Å². The summed E-state index contributed by atoms with van der Waals surface area (Å²) in [7, 11) is 0. The summed E-state index contributed by atoms with van der Waals surface area (Å²) in [5, 5.41) is 60.0. The number of aliphatic hydroxyl groups excluding tert-OH is 6. The van der Waals surface area contributed by atoms with Crippen molar-refractivity contribution in [2.24, 2.45) is 5.41 Å². The molecule has 32 heavy (non-hydrogen) atoms. The number of esters is 1. The lowest BCUT2D eigenvalue weighted by atomic mass is 9.73. The average molecular weight is 462 g/mol. The number of hydrogen-bond donors (Lipinski definition) is 6. The van der Waals surface area contributed by atoms with Gasteiger partial charge in [0.25, 0.3) is 0 Å². The first-order valence-electron chi connectivity index (χ1n) is 10.8. The van der Waals surface area contributed by atoms with Crippen LogP contribution >= 0.6 is 0 Å². The number of hydrogen-bond acceptors (Lipinski definition) is 11. The number of carbonyl (C=O) groups is 1. The smallest absolute Gasteiger partial charge is 0.336 e. The van der Waals surface area contributed by atoms with Gasteiger partial charge >= 0.3 is 5.97 Å². The van der Waals surface area contributed by atoms with E-state index in [1.165, 1.54) is 0 Å². The van der Waals surface area contributed by atoms with Crippen molar-refractivity contribution in [1.29, 1.82) is 0 Å². The van der Waals surface area contributed by atoms with Crippen molar-refractivity contribution in [2.75, 3.05) is 13.2 Å². The minimum Gasteiger partial charge on any atom is -0.429 e. The molecule has 0 spiro atoms. The highest BCUT2D eigenvalue weighted by atomic mass is 16.7. The molecule has 3 aliphatic rings. The maximum Gasteiger partial charge on any atom is 0.336 e. The second-order valence-electron chi connectivity index (χ2n) is 9.40. The summed E-state index contributed by atoms with van der Waals surface area (Å²) in [6.45, 7) is 5.02. The Morgan fingerprint density at radius 3 is 2.31 bits per heavy atom. The minimum absolute atomic E-state index is 0.275. The second-order valence-corrected chi connectivity index (χ2v) is 9.40. The van der Waals surface area contributed by atoms with Gasteiger partial charge in [0.1, 0.15) is 42.7 Å². The van der Waals surface area contributed by atoms with Crippen LogP contribution in [-0.4, -0.2) is 105 Å². The maximum absolute atomic E-state index is 12.9. The zero-order valence-corrected chi connectivity index (χ0v) is 18.5. The number of rotatable bonds is 5. The van der Waals surface area contributed by atoms with E-state index >= 15 is 0 Å². The maximum atomic E-state index is 12.9. The fourth-order valence-corrected chi connectivity index (χ4v) is 4.51. The van der Waals surface area contributed by atoms with E-state index in [0.29, 0.717) is 5.57 Å². The van der Waals surface area contributed by atoms with E-state index < -0.39 is 73.3 Å². The third-order valence-electron chi connectivity index (χ3n) is 6.43. The summed E-state index contributed by atoms with van der Waals surface area (Å²) >= 11 is 0. The van der Waals surface area contributed by atoms with Crippen LogP contribution in [0.15, 0.2) is 11.1 Å². The molecular formula is C21H34O11. The number of aliphatic hydroxyl groups is 6. The molecule has 0 aromatic carbocycles. The monoisotopic (exact) mass is 462 g/mol. The Bertz CT molecular complexity index is 708. The van der Waals surface area contributed by atoms with Crippen LogP contribution in [0.1, 0.15) is 40.0 Å². The topological polar surface area (TPSA) is 175 Å². The van der Waals surface area contributed by atoms with Gasteiger partial charge in [-0.15, -0.1) is 0 Å². The summed E-state index contributed by atoms with van der Waals surface area (Å²) in [6, 6.07) is 0. The third-order valence-corrected chi connectivity index (χ3v) is 6.43. The molecule has 0 saturated carbocycles. The Morgan fingerprint density at radius 1 is 1.00 bits per heavy atom. The molecule has 11 nitrogen and oxygen atoms in total. The van der Waals surface area contributed by atoms with E-state index in [1.54, 1.807) is 0 Å². The predicted octanol–water partition coefficient (Wildman–Crippen LogP) is -1.68. The molecule has 6 N–H and O–H groups in total. The molecule has 9 atom stereocenters. The highest BCUT2D eigenvalue weighted by Crippen LogP contribution is 2.41. The molecule has 0 unspecified atom stereocenters. The van der Waals surface area contributed by atoms with Crippen molar-refractivity contribution in [3.63, 3.8) is 0 Å². The highest BCUT2D eigenvalue weighted by Gasteiger charge is 2.47. The Kier molecular flexibility index (Phi) is 7.96. The quantitative estimate of drug-likeness (QED) is 0.257. The fourth-order valence-electron chi connectivity index (χ4n) is 4.51. The normalized spacial score (nSPS) is 42.6. The summed E-state index contributed by atoms with van der Waals surface area (Å²) < 4.78 is 21.4. The largest absolute Gasteiger partial charge is 0.429 e. The van der Waals surface area contributed by atoms with E-state index in [-0.39, 0.29) is 6.61 Å². The molecule has 3 rings (SSSR count). The van der Waals surface area contributed by atoms with E-state index in [2.05, 4.69) is 0 Å². The standard InChI is InChI=1S/C21H34O11/c1-9-5-4-6-21(2,3)12(9)18(28)32-20-17(27)15(25)14(24)11(31-20)8-30-19-16(26)13(23)10(22)7-29-19/h10-11,13-17,19-20,22-27H,4-8H2,1-3H3/t10-,11+,13-,14-,15-,16-,17-,19-,20-/m1/s1. The third kappa shape index (κ3) is 5.16. The molecule has 1 aliphatic carbocycles. The van der Waals surface area contributed by atoms with Crippen LogP contribution in [-0.2, 0) is 23.7 Å². The first-order chi connectivity index (χ1) is 14.9. The fraction of sp³-hybridized carbons (Fsp3) is 0.857.